The van der Waals surface area contributed by atoms with Crippen LogP contribution in [0.5, 0.6) is 0 Å². The number of nitrogens with one attached hydrogen (secondary N) is 1. The Morgan fingerprint density at radius 2 is 1.14 bits per heavy atom. The zero-order valence-corrected chi connectivity index (χ0v) is 42.0. The second-order valence-corrected chi connectivity index (χ2v) is 20.4. The predicted octanol–water partition coefficient (Wildman–Crippen LogP) is 12.6. The molecule has 364 valence electrons. The van der Waals surface area contributed by atoms with Crippen molar-refractivity contribution < 1.29 is 18.3 Å². The Morgan fingerprint density at radius 3 is 1.72 bits per heavy atom. The Bertz CT molecular complexity index is 3230. The van der Waals surface area contributed by atoms with Crippen LogP contribution in [-0.4, -0.2) is 85.6 Å². The predicted molar refractivity (Wildman–Crippen MR) is 285 cm³/mol. The summed E-state index contributed by atoms with van der Waals surface area (Å²) in [4.78, 5) is 25.0. The largest absolute Gasteiger partial charge is 0.384 e. The van der Waals surface area contributed by atoms with Crippen LogP contribution in [0.2, 0.25) is 5.02 Å². The van der Waals surface area contributed by atoms with Gasteiger partial charge in [0.25, 0.3) is 0 Å². The van der Waals surface area contributed by atoms with Gasteiger partial charge in [0.05, 0.1) is 59.6 Å². The van der Waals surface area contributed by atoms with Gasteiger partial charge in [-0.3, -0.25) is 9.97 Å². The molecule has 0 spiro atoms. The summed E-state index contributed by atoms with van der Waals surface area (Å²) in [5.74, 6) is -0.606. The minimum absolute atomic E-state index is 0.0323. The maximum atomic E-state index is 14.3. The van der Waals surface area contributed by atoms with E-state index in [9.17, 15) is 8.78 Å². The number of rotatable bonds is 5. The number of aromatic nitrogens is 4. The molecular weight excluding hydrogens is 914 g/mol. The Morgan fingerprint density at radius 1 is 0.606 bits per heavy atom. The SMILES string of the molecule is CC1(C)CNc2cc(N3CCOCC3)ccc21.Cc1c(-c2cccnc2)nc2cc(F)ccc2c1Cl.Cc1c(-c2cccnc2)nc2cc(F)ccc2c1N1CC(C)(C)c2ccc(N3CCOCC3)cc21. The second-order valence-electron chi connectivity index (χ2n) is 20.0. The number of ether oxygens (including phenoxy) is 2. The number of halogens is 3. The molecule has 4 aromatic heterocycles. The highest BCUT2D eigenvalue weighted by molar-refractivity contribution is 6.36. The number of morpholine rings is 2. The van der Waals surface area contributed by atoms with E-state index in [2.05, 4.69) is 106 Å². The van der Waals surface area contributed by atoms with Gasteiger partial charge in [0, 0.05) is 132 Å². The summed E-state index contributed by atoms with van der Waals surface area (Å²) in [6.45, 7) is 22.0. The lowest BCUT2D eigenvalue weighted by Gasteiger charge is -2.30. The zero-order chi connectivity index (χ0) is 49.4. The monoisotopic (exact) mass is 972 g/mol. The van der Waals surface area contributed by atoms with Crippen molar-refractivity contribution in [1.82, 2.24) is 19.9 Å². The highest BCUT2D eigenvalue weighted by Gasteiger charge is 2.38. The quantitative estimate of drug-likeness (QED) is 0.180. The van der Waals surface area contributed by atoms with Crippen LogP contribution in [0.1, 0.15) is 49.9 Å². The fourth-order valence-corrected chi connectivity index (χ4v) is 10.6. The van der Waals surface area contributed by atoms with E-state index in [1.54, 1.807) is 24.7 Å². The molecule has 0 unspecified atom stereocenters. The lowest BCUT2D eigenvalue weighted by molar-refractivity contribution is 0.122. The molecule has 0 aliphatic carbocycles. The number of hydrogen-bond acceptors (Lipinski definition) is 10. The topological polar surface area (TPSA) is 91.8 Å². The van der Waals surface area contributed by atoms with E-state index in [4.69, 9.17) is 26.1 Å². The smallest absolute Gasteiger partial charge is 0.125 e. The Balaban J connectivity index is 0.000000136. The first-order chi connectivity index (χ1) is 34.3. The van der Waals surface area contributed by atoms with Gasteiger partial charge >= 0.3 is 0 Å². The molecule has 8 heterocycles. The molecule has 8 aromatic rings. The third-order valence-corrected chi connectivity index (χ3v) is 14.7. The third kappa shape index (κ3) is 9.73. The first-order valence-electron chi connectivity index (χ1n) is 24.4. The van der Waals surface area contributed by atoms with Gasteiger partial charge in [0.2, 0.25) is 0 Å². The number of fused-ring (bicyclic) bond motifs is 4. The van der Waals surface area contributed by atoms with E-state index in [1.807, 2.05) is 43.5 Å². The molecule has 13 heteroatoms. The standard InChI is InChI=1S/C29H29FN4O.C15H10ClFN2.C14H20N2O/c1-19-27(20-5-4-10-31-17-20)32-25-15-21(30)6-8-23(25)28(19)34-18-29(2,3)24-9-7-22(16-26(24)34)33-11-13-35-14-12-33;1-9-14(16)12-5-4-11(17)7-13(12)19-15(9)10-3-2-6-18-8-10;1-14(2)10-15-13-9-11(3-4-12(13)14)16-5-7-17-8-6-16/h4-10,15-17H,11-14,18H2,1-3H3;2-8H,1H3;3-4,9,15H,5-8,10H2,1-2H3. The summed E-state index contributed by atoms with van der Waals surface area (Å²) >= 11 is 6.35. The van der Waals surface area contributed by atoms with Gasteiger partial charge in [-0.15, -0.1) is 0 Å². The van der Waals surface area contributed by atoms with E-state index in [0.717, 1.165) is 116 Å². The summed E-state index contributed by atoms with van der Waals surface area (Å²) in [5.41, 5.74) is 15.6. The first-order valence-corrected chi connectivity index (χ1v) is 24.8. The van der Waals surface area contributed by atoms with Crippen LogP contribution in [0.15, 0.2) is 122 Å². The minimum Gasteiger partial charge on any atom is -0.384 e. The molecule has 0 radical (unpaired) electrons. The normalized spacial score (nSPS) is 16.7. The summed E-state index contributed by atoms with van der Waals surface area (Å²) in [7, 11) is 0. The van der Waals surface area contributed by atoms with Crippen molar-refractivity contribution in [2.75, 3.05) is 85.7 Å². The fourth-order valence-electron chi connectivity index (χ4n) is 10.3. The number of anilines is 5. The van der Waals surface area contributed by atoms with Gasteiger partial charge in [-0.1, -0.05) is 51.4 Å². The highest BCUT2D eigenvalue weighted by Crippen LogP contribution is 2.49. The summed E-state index contributed by atoms with van der Waals surface area (Å²) in [5, 5.41) is 5.83. The first kappa shape index (κ1) is 47.9. The van der Waals surface area contributed by atoms with Gasteiger partial charge in [-0.2, -0.15) is 0 Å². The fraction of sp³-hybridized carbons (Fsp3) is 0.310. The van der Waals surface area contributed by atoms with Crippen molar-refractivity contribution in [1.29, 1.82) is 0 Å². The Hall–Kier alpha value is -6.73. The molecule has 71 heavy (non-hydrogen) atoms. The van der Waals surface area contributed by atoms with E-state index < -0.39 is 0 Å². The van der Waals surface area contributed by atoms with Crippen molar-refractivity contribution in [3.05, 3.63) is 161 Å². The molecule has 0 bridgehead atoms. The van der Waals surface area contributed by atoms with Crippen molar-refractivity contribution in [2.24, 2.45) is 0 Å². The van der Waals surface area contributed by atoms with Gasteiger partial charge in [0.15, 0.2) is 0 Å². The molecule has 1 N–H and O–H groups in total. The van der Waals surface area contributed by atoms with Crippen LogP contribution in [0.4, 0.5) is 37.2 Å². The van der Waals surface area contributed by atoms with Crippen molar-refractivity contribution in [3.63, 3.8) is 0 Å². The van der Waals surface area contributed by atoms with Crippen LogP contribution < -0.4 is 20.0 Å². The maximum Gasteiger partial charge on any atom is 0.125 e. The average molecular weight is 974 g/mol. The Labute approximate surface area is 419 Å². The number of nitrogens with zero attached hydrogens (tertiary/aromatic N) is 7. The molecule has 0 atom stereocenters. The lowest BCUT2D eigenvalue weighted by Crippen LogP contribution is -2.36. The second kappa shape index (κ2) is 19.8. The van der Waals surface area contributed by atoms with E-state index in [1.165, 1.54) is 58.1 Å². The number of hydrogen-bond donors (Lipinski definition) is 1. The van der Waals surface area contributed by atoms with E-state index >= 15 is 0 Å². The van der Waals surface area contributed by atoms with Crippen LogP contribution in [-0.2, 0) is 20.3 Å². The van der Waals surface area contributed by atoms with Crippen LogP contribution >= 0.6 is 11.6 Å². The summed E-state index contributed by atoms with van der Waals surface area (Å²) in [6, 6.07) is 30.7. The van der Waals surface area contributed by atoms with Crippen LogP contribution in [0, 0.1) is 25.5 Å². The summed E-state index contributed by atoms with van der Waals surface area (Å²) in [6.07, 6.45) is 6.99. The van der Waals surface area contributed by atoms with Gasteiger partial charge < -0.3 is 29.5 Å². The van der Waals surface area contributed by atoms with Gasteiger partial charge in [0.1, 0.15) is 11.6 Å². The average Bonchev–Trinajstić information content (AvgIpc) is 3.85. The lowest BCUT2D eigenvalue weighted by atomic mass is 9.87. The molecular formula is C58H59ClF2N8O2. The molecule has 4 aliphatic heterocycles. The maximum absolute atomic E-state index is 14.3. The zero-order valence-electron chi connectivity index (χ0n) is 41.2. The van der Waals surface area contributed by atoms with Gasteiger partial charge in [-0.05, 0) is 109 Å². The number of pyridine rings is 4. The summed E-state index contributed by atoms with van der Waals surface area (Å²) < 4.78 is 38.6. The van der Waals surface area contributed by atoms with E-state index in [0.29, 0.717) is 16.1 Å². The molecule has 2 fully saturated rings. The Kier molecular flexibility index (Phi) is 13.4. The third-order valence-electron chi connectivity index (χ3n) is 14.2. The van der Waals surface area contributed by atoms with Crippen LogP contribution in [0.3, 0.4) is 0 Å². The highest BCUT2D eigenvalue weighted by atomic mass is 35.5. The van der Waals surface area contributed by atoms with E-state index in [-0.39, 0.29) is 22.5 Å². The molecule has 4 aliphatic rings. The van der Waals surface area contributed by atoms with Crippen LogP contribution in [0.25, 0.3) is 44.3 Å². The van der Waals surface area contributed by atoms with Crippen molar-refractivity contribution in [2.45, 2.75) is 52.4 Å². The molecule has 12 rings (SSSR count). The molecule has 10 nitrogen and oxygen atoms in total. The number of benzene rings is 4. The molecule has 4 aromatic carbocycles. The van der Waals surface area contributed by atoms with Crippen molar-refractivity contribution >= 4 is 61.8 Å². The minimum atomic E-state index is -0.322. The van der Waals surface area contributed by atoms with Crippen molar-refractivity contribution in [3.8, 4) is 22.5 Å². The molecule has 0 amide bonds. The molecule has 2 saturated heterocycles. The van der Waals surface area contributed by atoms with Gasteiger partial charge in [-0.25, -0.2) is 18.7 Å². The molecule has 0 saturated carbocycles.